The molecule has 1 aromatic carbocycles. The Morgan fingerprint density at radius 1 is 1.06 bits per heavy atom. The van der Waals surface area contributed by atoms with Crippen LogP contribution in [0.15, 0.2) is 30.3 Å². The molecule has 3 heterocycles. The highest BCUT2D eigenvalue weighted by molar-refractivity contribution is 5.89. The molecule has 2 aliphatic heterocycles. The number of likely N-dealkylation sites (tertiary alicyclic amines) is 1. The van der Waals surface area contributed by atoms with Crippen molar-refractivity contribution < 1.29 is 14.3 Å². The highest BCUT2D eigenvalue weighted by Gasteiger charge is 2.30. The monoisotopic (exact) mass is 425 g/mol. The van der Waals surface area contributed by atoms with Gasteiger partial charge in [-0.25, -0.2) is 4.79 Å². The highest BCUT2D eigenvalue weighted by atomic mass is 16.5. The summed E-state index contributed by atoms with van der Waals surface area (Å²) < 4.78 is 7.30. The lowest BCUT2D eigenvalue weighted by molar-refractivity contribution is -0.140. The van der Waals surface area contributed by atoms with Crippen LogP contribution >= 0.6 is 0 Å². The van der Waals surface area contributed by atoms with Gasteiger partial charge >= 0.3 is 6.03 Å². The van der Waals surface area contributed by atoms with E-state index >= 15 is 0 Å². The third kappa shape index (κ3) is 5.25. The van der Waals surface area contributed by atoms with Crippen LogP contribution < -0.4 is 5.32 Å². The van der Waals surface area contributed by atoms with Gasteiger partial charge in [-0.3, -0.25) is 9.48 Å². The molecule has 0 atom stereocenters. The zero-order valence-corrected chi connectivity index (χ0v) is 18.3. The van der Waals surface area contributed by atoms with Crippen molar-refractivity contribution in [2.24, 2.45) is 5.92 Å². The van der Waals surface area contributed by atoms with Crippen LogP contribution in [0.2, 0.25) is 0 Å². The van der Waals surface area contributed by atoms with Crippen LogP contribution in [-0.2, 0) is 16.1 Å². The molecule has 0 aliphatic carbocycles. The number of benzene rings is 1. The lowest BCUT2D eigenvalue weighted by Crippen LogP contribution is -2.48. The fraction of sp³-hybridized carbons (Fsp3) is 0.522. The molecule has 3 amide bonds. The number of rotatable bonds is 4. The summed E-state index contributed by atoms with van der Waals surface area (Å²) in [7, 11) is 0. The molecule has 2 aliphatic rings. The van der Waals surface area contributed by atoms with E-state index in [1.165, 1.54) is 0 Å². The number of aromatic nitrogens is 2. The molecule has 0 bridgehead atoms. The van der Waals surface area contributed by atoms with E-state index < -0.39 is 0 Å². The third-order valence-corrected chi connectivity index (χ3v) is 6.07. The topological polar surface area (TPSA) is 79.7 Å². The number of amides is 3. The summed E-state index contributed by atoms with van der Waals surface area (Å²) in [6, 6.07) is 9.82. The van der Waals surface area contributed by atoms with Crippen LogP contribution in [0.25, 0.3) is 0 Å². The fourth-order valence-electron chi connectivity index (χ4n) is 4.33. The summed E-state index contributed by atoms with van der Waals surface area (Å²) in [5.41, 5.74) is 3.97. The van der Waals surface area contributed by atoms with Gasteiger partial charge in [0.1, 0.15) is 0 Å². The van der Waals surface area contributed by atoms with Gasteiger partial charge in [-0.2, -0.15) is 5.10 Å². The first kappa shape index (κ1) is 21.4. The molecule has 2 saturated heterocycles. The average Bonchev–Trinajstić information content (AvgIpc) is 3.10. The van der Waals surface area contributed by atoms with Crippen molar-refractivity contribution in [2.45, 2.75) is 33.2 Å². The van der Waals surface area contributed by atoms with E-state index in [0.717, 1.165) is 22.6 Å². The Morgan fingerprint density at radius 3 is 2.48 bits per heavy atom. The van der Waals surface area contributed by atoms with Gasteiger partial charge in [0.25, 0.3) is 0 Å². The van der Waals surface area contributed by atoms with Crippen molar-refractivity contribution in [1.82, 2.24) is 19.6 Å². The van der Waals surface area contributed by atoms with Gasteiger partial charge in [0.05, 0.1) is 25.5 Å². The number of nitrogens with zero attached hydrogens (tertiary/aromatic N) is 4. The predicted molar refractivity (Wildman–Crippen MR) is 118 cm³/mol. The zero-order valence-electron chi connectivity index (χ0n) is 18.3. The van der Waals surface area contributed by atoms with E-state index in [2.05, 4.69) is 16.5 Å². The molecular formula is C23H31N5O3. The maximum atomic E-state index is 12.8. The Kier molecular flexibility index (Phi) is 6.56. The summed E-state index contributed by atoms with van der Waals surface area (Å²) in [6.07, 6.45) is 1.42. The molecule has 0 radical (unpaired) electrons. The molecule has 1 N–H and O–H groups in total. The zero-order chi connectivity index (χ0) is 21.8. The van der Waals surface area contributed by atoms with Gasteiger partial charge in [0.2, 0.25) is 5.91 Å². The quantitative estimate of drug-likeness (QED) is 0.817. The van der Waals surface area contributed by atoms with Crippen molar-refractivity contribution in [3.63, 3.8) is 0 Å². The standard InChI is InChI=1S/C23H31N5O3/c1-17-14-18(2)28(25-17)16-19-4-3-5-21(15-19)24-23(30)27-8-6-20(7-9-27)22(29)26-10-12-31-13-11-26/h3-5,14-15,20H,6-13,16H2,1-2H3,(H,24,30). The Morgan fingerprint density at radius 2 is 1.81 bits per heavy atom. The molecule has 2 aromatic rings. The van der Waals surface area contributed by atoms with Crippen LogP contribution in [0.5, 0.6) is 0 Å². The van der Waals surface area contributed by atoms with Crippen LogP contribution in [0.3, 0.4) is 0 Å². The Labute approximate surface area is 183 Å². The third-order valence-electron chi connectivity index (χ3n) is 6.07. The molecule has 8 heteroatoms. The van der Waals surface area contributed by atoms with Gasteiger partial charge in [0, 0.05) is 43.5 Å². The molecule has 31 heavy (non-hydrogen) atoms. The Bertz CT molecular complexity index is 927. The van der Waals surface area contributed by atoms with Crippen LogP contribution in [0.1, 0.15) is 29.8 Å². The van der Waals surface area contributed by atoms with Crippen molar-refractivity contribution >= 4 is 17.6 Å². The largest absolute Gasteiger partial charge is 0.378 e. The lowest BCUT2D eigenvalue weighted by atomic mass is 9.95. The number of aryl methyl sites for hydroxylation is 2. The number of hydrogen-bond donors (Lipinski definition) is 1. The van der Waals surface area contributed by atoms with E-state index in [4.69, 9.17) is 4.74 Å². The number of morpholine rings is 1. The molecule has 166 valence electrons. The van der Waals surface area contributed by atoms with E-state index in [0.29, 0.717) is 58.8 Å². The Hall–Kier alpha value is -2.87. The first-order valence-electron chi connectivity index (χ1n) is 11.0. The van der Waals surface area contributed by atoms with E-state index in [9.17, 15) is 9.59 Å². The summed E-state index contributed by atoms with van der Waals surface area (Å²) in [6.45, 7) is 8.46. The van der Waals surface area contributed by atoms with Crippen molar-refractivity contribution in [3.8, 4) is 0 Å². The molecule has 2 fully saturated rings. The number of nitrogens with one attached hydrogen (secondary N) is 1. The summed E-state index contributed by atoms with van der Waals surface area (Å²) in [5, 5.41) is 7.52. The summed E-state index contributed by atoms with van der Waals surface area (Å²) in [4.78, 5) is 29.1. The summed E-state index contributed by atoms with van der Waals surface area (Å²) >= 11 is 0. The van der Waals surface area contributed by atoms with Crippen molar-refractivity contribution in [1.29, 1.82) is 0 Å². The van der Waals surface area contributed by atoms with Gasteiger partial charge in [-0.1, -0.05) is 12.1 Å². The molecule has 0 unspecified atom stereocenters. The smallest absolute Gasteiger partial charge is 0.321 e. The number of carbonyl (C=O) groups excluding carboxylic acids is 2. The second kappa shape index (κ2) is 9.51. The fourth-order valence-corrected chi connectivity index (χ4v) is 4.33. The van der Waals surface area contributed by atoms with Crippen molar-refractivity contribution in [3.05, 3.63) is 47.3 Å². The molecule has 8 nitrogen and oxygen atoms in total. The maximum absolute atomic E-state index is 12.8. The number of ether oxygens (including phenoxy) is 1. The molecule has 0 spiro atoms. The molecular weight excluding hydrogens is 394 g/mol. The van der Waals surface area contributed by atoms with Crippen LogP contribution in [0.4, 0.5) is 10.5 Å². The van der Waals surface area contributed by atoms with Crippen LogP contribution in [-0.4, -0.2) is 70.9 Å². The first-order valence-corrected chi connectivity index (χ1v) is 11.0. The van der Waals surface area contributed by atoms with Crippen LogP contribution in [0, 0.1) is 19.8 Å². The predicted octanol–water partition coefficient (Wildman–Crippen LogP) is 2.65. The SMILES string of the molecule is Cc1cc(C)n(Cc2cccc(NC(=O)N3CCC(C(=O)N4CCOCC4)CC3)c2)n1. The Balaban J connectivity index is 1.30. The average molecular weight is 426 g/mol. The highest BCUT2D eigenvalue weighted by Crippen LogP contribution is 2.21. The minimum Gasteiger partial charge on any atom is -0.378 e. The lowest BCUT2D eigenvalue weighted by Gasteiger charge is -2.35. The van der Waals surface area contributed by atoms with E-state index in [-0.39, 0.29) is 17.9 Å². The minimum atomic E-state index is -0.111. The molecule has 1 aromatic heterocycles. The van der Waals surface area contributed by atoms with E-state index in [1.54, 1.807) is 4.90 Å². The number of hydrogen-bond acceptors (Lipinski definition) is 4. The summed E-state index contributed by atoms with van der Waals surface area (Å²) in [5.74, 6) is 0.214. The number of urea groups is 1. The number of carbonyl (C=O) groups is 2. The maximum Gasteiger partial charge on any atom is 0.321 e. The first-order chi connectivity index (χ1) is 15.0. The minimum absolute atomic E-state index is 0.00578. The molecule has 4 rings (SSSR count). The second-order valence-corrected chi connectivity index (χ2v) is 8.41. The van der Waals surface area contributed by atoms with E-state index in [1.807, 2.05) is 47.7 Å². The van der Waals surface area contributed by atoms with Gasteiger partial charge in [-0.05, 0) is 50.5 Å². The van der Waals surface area contributed by atoms with Gasteiger partial charge < -0.3 is 19.9 Å². The number of anilines is 1. The van der Waals surface area contributed by atoms with Gasteiger partial charge in [0.15, 0.2) is 0 Å². The molecule has 0 saturated carbocycles. The van der Waals surface area contributed by atoms with Gasteiger partial charge in [-0.15, -0.1) is 0 Å². The second-order valence-electron chi connectivity index (χ2n) is 8.41. The number of piperidine rings is 1. The van der Waals surface area contributed by atoms with Crippen molar-refractivity contribution in [2.75, 3.05) is 44.7 Å². The normalized spacial score (nSPS) is 17.6.